The van der Waals surface area contributed by atoms with Gasteiger partial charge in [-0.1, -0.05) is 92.1 Å². The van der Waals surface area contributed by atoms with E-state index in [4.69, 9.17) is 28.4 Å². The van der Waals surface area contributed by atoms with Crippen molar-refractivity contribution in [3.8, 4) is 0 Å². The average Bonchev–Trinajstić information content (AvgIpc) is 3.51. The molecule has 11 nitrogen and oxygen atoms in total. The van der Waals surface area contributed by atoms with Gasteiger partial charge in [0.25, 0.3) is 0 Å². The Morgan fingerprint density at radius 2 is 0.964 bits per heavy atom. The molecule has 4 aromatic carbocycles. The molecule has 2 aliphatic carbocycles. The second-order valence-electron chi connectivity index (χ2n) is 14.3. The number of esters is 4. The van der Waals surface area contributed by atoms with E-state index in [-0.39, 0.29) is 34.0 Å². The normalized spacial score (nSPS) is 26.1. The summed E-state index contributed by atoms with van der Waals surface area (Å²) >= 11 is 0. The van der Waals surface area contributed by atoms with Crippen molar-refractivity contribution in [2.24, 2.45) is 11.8 Å². The lowest BCUT2D eigenvalue weighted by Crippen LogP contribution is -2.63. The topological polar surface area (TPSA) is 141 Å². The zero-order chi connectivity index (χ0) is 38.9. The second-order valence-corrected chi connectivity index (χ2v) is 14.3. The number of carbonyl (C=O) groups excluding carboxylic acids is 5. The molecule has 1 aliphatic heterocycles. The fourth-order valence-corrected chi connectivity index (χ4v) is 7.74. The van der Waals surface area contributed by atoms with Crippen molar-refractivity contribution in [1.29, 1.82) is 0 Å². The van der Waals surface area contributed by atoms with Crippen LogP contribution in [0.5, 0.6) is 0 Å². The fraction of sp³-hybridized carbons (Fsp3) is 0.356. The molecule has 0 amide bonds. The number of Topliss-reactive ketones (excluding diaryl/α,β-unsaturated/α-hetero) is 1. The van der Waals surface area contributed by atoms with Gasteiger partial charge < -0.3 is 28.4 Å². The van der Waals surface area contributed by atoms with Crippen LogP contribution < -0.4 is 0 Å². The highest BCUT2D eigenvalue weighted by atomic mass is 16.7. The molecule has 0 N–H and O–H groups in total. The Morgan fingerprint density at radius 1 is 0.518 bits per heavy atom. The Kier molecular flexibility index (Phi) is 12.6. The Labute approximate surface area is 325 Å². The van der Waals surface area contributed by atoms with Crippen LogP contribution in [0.1, 0.15) is 86.4 Å². The lowest BCUT2D eigenvalue weighted by Gasteiger charge is -2.45. The number of ketones is 1. The first kappa shape index (κ1) is 38.6. The summed E-state index contributed by atoms with van der Waals surface area (Å²) in [6.07, 6.45) is -2.58. The van der Waals surface area contributed by atoms with E-state index in [9.17, 15) is 24.0 Å². The molecular weight excluding hydrogens is 716 g/mol. The third kappa shape index (κ3) is 9.23. The van der Waals surface area contributed by atoms with Gasteiger partial charge in [0, 0.05) is 11.8 Å². The summed E-state index contributed by atoms with van der Waals surface area (Å²) < 4.78 is 37.6. The third-order valence-electron chi connectivity index (χ3n) is 10.6. The van der Waals surface area contributed by atoms with Gasteiger partial charge in [-0.2, -0.15) is 0 Å². The maximum Gasteiger partial charge on any atom is 0.338 e. The predicted octanol–water partition coefficient (Wildman–Crippen LogP) is 7.19. The maximum atomic E-state index is 13.9. The highest BCUT2D eigenvalue weighted by molar-refractivity contribution is 5.91. The monoisotopic (exact) mass is 760 g/mol. The molecule has 1 saturated heterocycles. The van der Waals surface area contributed by atoms with Crippen molar-refractivity contribution >= 4 is 29.7 Å². The van der Waals surface area contributed by atoms with Gasteiger partial charge in [0.05, 0.1) is 28.4 Å². The summed E-state index contributed by atoms with van der Waals surface area (Å²) in [5.74, 6) is -3.36. The number of fused-ring (bicyclic) bond motifs is 2. The molecule has 0 spiro atoms. The molecule has 0 aromatic heterocycles. The first-order valence-corrected chi connectivity index (χ1v) is 19.2. The molecule has 2 saturated carbocycles. The number of ether oxygens (including phenoxy) is 6. The molecule has 7 rings (SSSR count). The minimum atomic E-state index is -1.54. The van der Waals surface area contributed by atoms with E-state index in [2.05, 4.69) is 0 Å². The molecule has 3 fully saturated rings. The number of rotatable bonds is 11. The molecule has 56 heavy (non-hydrogen) atoms. The van der Waals surface area contributed by atoms with Crippen LogP contribution >= 0.6 is 0 Å². The summed E-state index contributed by atoms with van der Waals surface area (Å²) in [7, 11) is 0. The molecule has 1 heterocycles. The van der Waals surface area contributed by atoms with E-state index in [1.165, 1.54) is 0 Å². The Bertz CT molecular complexity index is 1950. The van der Waals surface area contributed by atoms with Gasteiger partial charge >= 0.3 is 23.9 Å². The molecule has 8 atom stereocenters. The smallest absolute Gasteiger partial charge is 0.338 e. The van der Waals surface area contributed by atoms with Gasteiger partial charge in [-0.05, 0) is 74.2 Å². The molecule has 0 unspecified atom stereocenters. The van der Waals surface area contributed by atoms with Crippen molar-refractivity contribution < 1.29 is 52.4 Å². The number of hydrogen-bond acceptors (Lipinski definition) is 11. The van der Waals surface area contributed by atoms with Gasteiger partial charge in [0.1, 0.15) is 18.5 Å². The van der Waals surface area contributed by atoms with Crippen LogP contribution in [-0.2, 0) is 33.2 Å². The van der Waals surface area contributed by atoms with Crippen molar-refractivity contribution in [1.82, 2.24) is 0 Å². The summed E-state index contributed by atoms with van der Waals surface area (Å²) in [5.41, 5.74) is 0.850. The van der Waals surface area contributed by atoms with Gasteiger partial charge in [0.15, 0.2) is 24.6 Å². The van der Waals surface area contributed by atoms with Crippen molar-refractivity contribution in [2.45, 2.75) is 81.8 Å². The Morgan fingerprint density at radius 3 is 1.50 bits per heavy atom. The van der Waals surface area contributed by atoms with Crippen LogP contribution in [0.4, 0.5) is 0 Å². The van der Waals surface area contributed by atoms with Crippen molar-refractivity contribution in [3.05, 3.63) is 144 Å². The van der Waals surface area contributed by atoms with Crippen LogP contribution in [0.2, 0.25) is 0 Å². The van der Waals surface area contributed by atoms with Gasteiger partial charge in [0.2, 0.25) is 0 Å². The largest absolute Gasteiger partial charge is 0.459 e. The fourth-order valence-electron chi connectivity index (χ4n) is 7.74. The Hall–Kier alpha value is -5.65. The summed E-state index contributed by atoms with van der Waals surface area (Å²) in [5, 5.41) is 0. The molecule has 2 bridgehead atoms. The molecule has 3 aliphatic rings. The number of hydrogen-bond donors (Lipinski definition) is 0. The van der Waals surface area contributed by atoms with Crippen LogP contribution in [0.3, 0.4) is 0 Å². The van der Waals surface area contributed by atoms with E-state index >= 15 is 0 Å². The average molecular weight is 761 g/mol. The van der Waals surface area contributed by atoms with Crippen molar-refractivity contribution in [2.75, 3.05) is 6.61 Å². The summed E-state index contributed by atoms with van der Waals surface area (Å²) in [4.78, 5) is 68.7. The summed E-state index contributed by atoms with van der Waals surface area (Å²) in [6.45, 7) is -0.464. The summed E-state index contributed by atoms with van der Waals surface area (Å²) in [6, 6.07) is 33.0. The predicted molar refractivity (Wildman–Crippen MR) is 202 cm³/mol. The SMILES string of the molecule is O=C(OC[C@H]1O[C@H](O[C@@H]2CCC[C@@H]3CCCC[C@H]2C3=O)[C@H](OC(=O)c2ccccc2)[C@@H](OC(=O)c2ccccc2)[C@@H]1OC(=O)c1ccccc1)c1ccccc1. The standard InChI is InChI=1S/C45H44O11/c46-37-29-16-13-14-26-34(37)35(27-15-25-29)52-45-40(56-44(50)33-23-11-4-12-24-33)39(55-43(49)32-21-9-3-10-22-32)38(54-42(48)31-19-7-2-8-20-31)36(53-45)28-51-41(47)30-17-5-1-6-18-30/h1-12,17-24,29,34-36,38-40,45H,13-16,25-28H2/t29-,34+,35+,36+,38+,39-,40+,45-/m0/s1. The van der Waals surface area contributed by atoms with E-state index in [0.29, 0.717) is 12.8 Å². The molecule has 290 valence electrons. The van der Waals surface area contributed by atoms with Gasteiger partial charge in [-0.15, -0.1) is 0 Å². The maximum absolute atomic E-state index is 13.9. The van der Waals surface area contributed by atoms with Crippen LogP contribution in [-0.4, -0.2) is 73.1 Å². The highest BCUT2D eigenvalue weighted by Gasteiger charge is 2.55. The van der Waals surface area contributed by atoms with Gasteiger partial charge in [-0.3, -0.25) is 4.79 Å². The first-order valence-electron chi connectivity index (χ1n) is 19.2. The van der Waals surface area contributed by atoms with E-state index in [1.54, 1.807) is 121 Å². The number of benzene rings is 4. The lowest BCUT2D eigenvalue weighted by atomic mass is 9.89. The van der Waals surface area contributed by atoms with Crippen LogP contribution in [0.15, 0.2) is 121 Å². The molecule has 0 radical (unpaired) electrons. The highest BCUT2D eigenvalue weighted by Crippen LogP contribution is 2.39. The van der Waals surface area contributed by atoms with Gasteiger partial charge in [-0.25, -0.2) is 19.2 Å². The van der Waals surface area contributed by atoms with E-state index < -0.39 is 73.2 Å². The van der Waals surface area contributed by atoms with Crippen molar-refractivity contribution in [3.63, 3.8) is 0 Å². The zero-order valence-electron chi connectivity index (χ0n) is 30.8. The quantitative estimate of drug-likeness (QED) is 0.113. The van der Waals surface area contributed by atoms with E-state index in [1.807, 2.05) is 0 Å². The number of carbonyl (C=O) groups is 5. The molecule has 4 aromatic rings. The second kappa shape index (κ2) is 18.3. The van der Waals surface area contributed by atoms with Crippen LogP contribution in [0.25, 0.3) is 0 Å². The van der Waals surface area contributed by atoms with E-state index in [0.717, 1.165) is 32.1 Å². The first-order chi connectivity index (χ1) is 27.4. The Balaban J connectivity index is 1.29. The minimum absolute atomic E-state index is 0.0541. The molecule has 11 heteroatoms. The molecular formula is C45H44O11. The zero-order valence-corrected chi connectivity index (χ0v) is 30.8. The third-order valence-corrected chi connectivity index (χ3v) is 10.6. The lowest BCUT2D eigenvalue weighted by molar-refractivity contribution is -0.311. The van der Waals surface area contributed by atoms with Crippen LogP contribution in [0, 0.1) is 11.8 Å². The minimum Gasteiger partial charge on any atom is -0.459 e.